The van der Waals surface area contributed by atoms with E-state index in [0.717, 1.165) is 19.5 Å². The Morgan fingerprint density at radius 3 is 2.62 bits per heavy atom. The summed E-state index contributed by atoms with van der Waals surface area (Å²) in [6.45, 7) is 6.68. The summed E-state index contributed by atoms with van der Waals surface area (Å²) in [6.07, 6.45) is 0.902. The number of benzene rings is 1. The van der Waals surface area contributed by atoms with E-state index in [4.69, 9.17) is 0 Å². The van der Waals surface area contributed by atoms with Crippen LogP contribution in [0.2, 0.25) is 0 Å². The average molecular weight is 341 g/mol. The molecule has 1 aromatic rings. The van der Waals surface area contributed by atoms with Gasteiger partial charge in [0.15, 0.2) is 0 Å². The highest BCUT2D eigenvalue weighted by molar-refractivity contribution is 5.89. The zero-order chi connectivity index (χ0) is 17.7. The number of halogens is 2. The van der Waals surface area contributed by atoms with Gasteiger partial charge >= 0.3 is 12.6 Å². The first-order chi connectivity index (χ1) is 11.3. The van der Waals surface area contributed by atoms with Crippen LogP contribution in [-0.4, -0.2) is 54.2 Å². The quantitative estimate of drug-likeness (QED) is 0.913. The topological polar surface area (TPSA) is 44.8 Å². The van der Waals surface area contributed by atoms with Crippen LogP contribution in [0.15, 0.2) is 24.3 Å². The van der Waals surface area contributed by atoms with Crippen molar-refractivity contribution >= 4 is 11.7 Å². The fraction of sp³-hybridized carbons (Fsp3) is 0.588. The molecule has 1 heterocycles. The Bertz CT molecular complexity index is 561. The van der Waals surface area contributed by atoms with Crippen LogP contribution in [-0.2, 0) is 0 Å². The van der Waals surface area contributed by atoms with Crippen molar-refractivity contribution in [3.05, 3.63) is 24.3 Å². The van der Waals surface area contributed by atoms with Crippen molar-refractivity contribution < 1.29 is 18.3 Å². The van der Waals surface area contributed by atoms with Gasteiger partial charge in [-0.25, -0.2) is 4.79 Å². The van der Waals surface area contributed by atoms with Crippen molar-refractivity contribution in [2.45, 2.75) is 39.3 Å². The molecular formula is C17H25F2N3O2. The Balaban J connectivity index is 1.95. The highest BCUT2D eigenvalue weighted by Gasteiger charge is 2.25. The third-order valence-electron chi connectivity index (χ3n) is 4.04. The third-order valence-corrected chi connectivity index (χ3v) is 4.04. The highest BCUT2D eigenvalue weighted by Crippen LogP contribution is 2.20. The lowest BCUT2D eigenvalue weighted by atomic mass is 10.1. The summed E-state index contributed by atoms with van der Waals surface area (Å²) >= 11 is 0. The van der Waals surface area contributed by atoms with Gasteiger partial charge in [0, 0.05) is 43.5 Å². The monoisotopic (exact) mass is 341 g/mol. The molecule has 1 N–H and O–H groups in total. The number of carbonyl (C=O) groups excluding carboxylic acids is 1. The van der Waals surface area contributed by atoms with Crippen molar-refractivity contribution in [2.24, 2.45) is 0 Å². The van der Waals surface area contributed by atoms with Crippen LogP contribution < -0.4 is 10.1 Å². The van der Waals surface area contributed by atoms with Crippen molar-refractivity contribution in [2.75, 3.05) is 31.5 Å². The fourth-order valence-corrected chi connectivity index (χ4v) is 2.74. The Kier molecular flexibility index (Phi) is 5.99. The molecule has 7 heteroatoms. The van der Waals surface area contributed by atoms with E-state index in [-0.39, 0.29) is 17.3 Å². The predicted molar refractivity (Wildman–Crippen MR) is 89.6 cm³/mol. The minimum absolute atomic E-state index is 0.0255. The number of carbonyl (C=O) groups is 1. The van der Waals surface area contributed by atoms with E-state index >= 15 is 0 Å². The lowest BCUT2D eigenvalue weighted by Crippen LogP contribution is -2.44. The maximum atomic E-state index is 12.4. The molecule has 1 fully saturated rings. The predicted octanol–water partition coefficient (Wildman–Crippen LogP) is 3.63. The smallest absolute Gasteiger partial charge is 0.387 e. The number of amides is 2. The summed E-state index contributed by atoms with van der Waals surface area (Å²) in [6, 6.07) is 5.81. The van der Waals surface area contributed by atoms with E-state index in [1.165, 1.54) is 12.1 Å². The molecule has 0 unspecified atom stereocenters. The normalized spacial score (nSPS) is 16.8. The van der Waals surface area contributed by atoms with Crippen molar-refractivity contribution in [1.82, 2.24) is 9.80 Å². The molecule has 2 rings (SSSR count). The van der Waals surface area contributed by atoms with Gasteiger partial charge in [-0.05, 0) is 39.3 Å². The zero-order valence-electron chi connectivity index (χ0n) is 14.4. The molecule has 134 valence electrons. The van der Waals surface area contributed by atoms with E-state index < -0.39 is 6.61 Å². The summed E-state index contributed by atoms with van der Waals surface area (Å²) in [5.74, 6) is 0.0255. The van der Waals surface area contributed by atoms with Crippen molar-refractivity contribution in [3.63, 3.8) is 0 Å². The maximum absolute atomic E-state index is 12.4. The second-order valence-electron chi connectivity index (χ2n) is 6.83. The molecular weight excluding hydrogens is 316 g/mol. The second-order valence-corrected chi connectivity index (χ2v) is 6.83. The molecule has 1 aliphatic rings. The molecule has 0 spiro atoms. The van der Waals surface area contributed by atoms with E-state index in [1.807, 2.05) is 0 Å². The number of alkyl halides is 2. The lowest BCUT2D eigenvalue weighted by Gasteiger charge is -2.34. The summed E-state index contributed by atoms with van der Waals surface area (Å²) < 4.78 is 28.9. The number of nitrogens with zero attached hydrogens (tertiary/aromatic N) is 2. The van der Waals surface area contributed by atoms with E-state index in [0.29, 0.717) is 18.8 Å². The molecule has 0 saturated carbocycles. The van der Waals surface area contributed by atoms with Crippen LogP contribution in [0.25, 0.3) is 0 Å². The van der Waals surface area contributed by atoms with Gasteiger partial charge in [-0.15, -0.1) is 0 Å². The van der Waals surface area contributed by atoms with Crippen LogP contribution in [0.1, 0.15) is 27.2 Å². The molecule has 0 aliphatic carbocycles. The van der Waals surface area contributed by atoms with E-state index in [9.17, 15) is 13.6 Å². The van der Waals surface area contributed by atoms with E-state index in [1.54, 1.807) is 17.0 Å². The van der Waals surface area contributed by atoms with Gasteiger partial charge in [-0.1, -0.05) is 6.07 Å². The summed E-state index contributed by atoms with van der Waals surface area (Å²) in [7, 11) is 0. The number of nitrogens with one attached hydrogen (secondary N) is 1. The maximum Gasteiger partial charge on any atom is 0.387 e. The lowest BCUT2D eigenvalue weighted by molar-refractivity contribution is -0.0497. The van der Waals surface area contributed by atoms with Crippen LogP contribution in [0.4, 0.5) is 19.3 Å². The molecule has 24 heavy (non-hydrogen) atoms. The van der Waals surface area contributed by atoms with E-state index in [2.05, 4.69) is 35.7 Å². The Morgan fingerprint density at radius 2 is 1.96 bits per heavy atom. The molecule has 1 aliphatic heterocycles. The molecule has 0 atom stereocenters. The minimum Gasteiger partial charge on any atom is -0.435 e. The third kappa shape index (κ3) is 5.33. The molecule has 1 saturated heterocycles. The number of hydrogen-bond donors (Lipinski definition) is 1. The Morgan fingerprint density at radius 1 is 1.21 bits per heavy atom. The minimum atomic E-state index is -2.88. The van der Waals surface area contributed by atoms with Gasteiger partial charge in [0.2, 0.25) is 0 Å². The number of urea groups is 1. The van der Waals surface area contributed by atoms with Gasteiger partial charge in [0.05, 0.1) is 0 Å². The molecule has 0 aromatic heterocycles. The molecule has 2 amide bonds. The van der Waals surface area contributed by atoms with Crippen LogP contribution in [0, 0.1) is 0 Å². The van der Waals surface area contributed by atoms with Crippen molar-refractivity contribution in [3.8, 4) is 5.75 Å². The van der Waals surface area contributed by atoms with Gasteiger partial charge < -0.3 is 15.0 Å². The van der Waals surface area contributed by atoms with Crippen LogP contribution in [0.5, 0.6) is 5.75 Å². The van der Waals surface area contributed by atoms with Crippen LogP contribution >= 0.6 is 0 Å². The molecule has 5 nitrogen and oxygen atoms in total. The first-order valence-corrected chi connectivity index (χ1v) is 8.11. The number of hydrogen-bond acceptors (Lipinski definition) is 3. The second kappa shape index (κ2) is 7.79. The van der Waals surface area contributed by atoms with Crippen molar-refractivity contribution in [1.29, 1.82) is 0 Å². The summed E-state index contributed by atoms with van der Waals surface area (Å²) in [4.78, 5) is 16.5. The SMILES string of the molecule is CC(C)(C)N1CCCN(C(=O)Nc2cccc(OC(F)F)c2)CC1. The molecule has 0 bridgehead atoms. The first-order valence-electron chi connectivity index (χ1n) is 8.11. The standard InChI is InChI=1S/C17H25F2N3O2/c1-17(2,3)22-9-5-8-21(10-11-22)16(23)20-13-6-4-7-14(12-13)24-15(18)19/h4,6-7,12,15H,5,8-11H2,1-3H3,(H,20,23). The average Bonchev–Trinajstić information content (AvgIpc) is 2.72. The first kappa shape index (κ1) is 18.4. The van der Waals surface area contributed by atoms with Crippen LogP contribution in [0.3, 0.4) is 0 Å². The van der Waals surface area contributed by atoms with Gasteiger partial charge in [-0.3, -0.25) is 4.90 Å². The van der Waals surface area contributed by atoms with Gasteiger partial charge in [0.25, 0.3) is 0 Å². The number of anilines is 1. The Hall–Kier alpha value is -1.89. The molecule has 1 aromatic carbocycles. The highest BCUT2D eigenvalue weighted by atomic mass is 19.3. The fourth-order valence-electron chi connectivity index (χ4n) is 2.74. The number of rotatable bonds is 3. The number of ether oxygens (including phenoxy) is 1. The van der Waals surface area contributed by atoms with Gasteiger partial charge in [-0.2, -0.15) is 8.78 Å². The van der Waals surface area contributed by atoms with Gasteiger partial charge in [0.1, 0.15) is 5.75 Å². The summed E-state index contributed by atoms with van der Waals surface area (Å²) in [5.41, 5.74) is 0.517. The summed E-state index contributed by atoms with van der Waals surface area (Å²) in [5, 5.41) is 2.75. The largest absolute Gasteiger partial charge is 0.435 e. The Labute approximate surface area is 141 Å². The zero-order valence-corrected chi connectivity index (χ0v) is 14.4. The molecule has 0 radical (unpaired) electrons.